The predicted molar refractivity (Wildman–Crippen MR) is 102 cm³/mol. The molecule has 5 atom stereocenters. The number of aliphatic hydroxyl groups is 1. The number of aliphatic hydroxyl groups excluding tert-OH is 1. The lowest BCUT2D eigenvalue weighted by atomic mass is 9.79. The molecule has 2 aliphatic carbocycles. The number of β-amino-alcohol motifs (C(OH)–C–C–N with tert-alkyl or cyclic N) is 1. The van der Waals surface area contributed by atoms with Crippen LogP contribution in [0.15, 0.2) is 12.4 Å². The van der Waals surface area contributed by atoms with E-state index in [-0.39, 0.29) is 17.7 Å². The van der Waals surface area contributed by atoms with Crippen LogP contribution in [0.4, 0.5) is 5.82 Å². The van der Waals surface area contributed by atoms with Gasteiger partial charge >= 0.3 is 0 Å². The van der Waals surface area contributed by atoms with Crippen molar-refractivity contribution in [3.8, 4) is 0 Å². The molecule has 2 saturated heterocycles. The second kappa shape index (κ2) is 6.95. The molecule has 4 unspecified atom stereocenters. The summed E-state index contributed by atoms with van der Waals surface area (Å²) in [5.74, 6) is 1.42. The maximum Gasteiger partial charge on any atom is 0.132 e. The number of nitrogens with zero attached hydrogens (tertiary/aromatic N) is 3. The van der Waals surface area contributed by atoms with Crippen molar-refractivity contribution in [2.75, 3.05) is 18.0 Å². The van der Waals surface area contributed by atoms with Gasteiger partial charge in [0.05, 0.1) is 29.5 Å². The quantitative estimate of drug-likeness (QED) is 0.741. The van der Waals surface area contributed by atoms with Crippen LogP contribution < -0.4 is 15.8 Å². The monoisotopic (exact) mass is 373 g/mol. The number of anilines is 1. The molecule has 0 spiro atoms. The zero-order valence-corrected chi connectivity index (χ0v) is 16.1. The topological polar surface area (TPSA) is 82.5 Å². The van der Waals surface area contributed by atoms with Gasteiger partial charge in [0.25, 0.3) is 0 Å². The molecule has 4 fully saturated rings. The Hall–Kier alpha value is -1.28. The maximum atomic E-state index is 9.98. The molecule has 1 aromatic heterocycles. The van der Waals surface area contributed by atoms with Gasteiger partial charge in [-0.2, -0.15) is 0 Å². The molecule has 3 N–H and O–H groups in total. The number of fused-ring (bicyclic) bond motifs is 1. The summed E-state index contributed by atoms with van der Waals surface area (Å²) in [4.78, 5) is 11.3. The number of aromatic nitrogens is 2. The first-order valence-electron chi connectivity index (χ1n) is 10.5. The highest BCUT2D eigenvalue weighted by atomic mass is 16.5. The van der Waals surface area contributed by atoms with Gasteiger partial charge < -0.3 is 14.7 Å². The number of hydrazine groups is 1. The molecule has 7 heteroatoms. The van der Waals surface area contributed by atoms with E-state index in [2.05, 4.69) is 38.7 Å². The molecule has 0 radical (unpaired) electrons. The van der Waals surface area contributed by atoms with Gasteiger partial charge in [-0.15, -0.1) is 0 Å². The number of hydrogen-bond donors (Lipinski definition) is 3. The van der Waals surface area contributed by atoms with E-state index in [0.717, 1.165) is 50.2 Å². The zero-order valence-electron chi connectivity index (χ0n) is 16.1. The van der Waals surface area contributed by atoms with Crippen molar-refractivity contribution in [2.45, 2.75) is 81.8 Å². The van der Waals surface area contributed by atoms with Crippen LogP contribution in [0.1, 0.15) is 63.6 Å². The summed E-state index contributed by atoms with van der Waals surface area (Å²) in [6, 6.07) is 2.77. The van der Waals surface area contributed by atoms with Crippen molar-refractivity contribution in [3.05, 3.63) is 18.1 Å². The highest BCUT2D eigenvalue weighted by molar-refractivity contribution is 5.40. The van der Waals surface area contributed by atoms with Gasteiger partial charge in [0.15, 0.2) is 0 Å². The lowest BCUT2D eigenvalue weighted by Gasteiger charge is -2.35. The summed E-state index contributed by atoms with van der Waals surface area (Å²) in [6.45, 7) is 3.85. The fourth-order valence-corrected chi connectivity index (χ4v) is 4.98. The van der Waals surface area contributed by atoms with Crippen LogP contribution in [-0.2, 0) is 4.74 Å². The van der Waals surface area contributed by atoms with Crippen molar-refractivity contribution in [1.82, 2.24) is 20.8 Å². The van der Waals surface area contributed by atoms with E-state index in [1.54, 1.807) is 6.33 Å². The Bertz CT molecular complexity index is 682. The summed E-state index contributed by atoms with van der Waals surface area (Å²) in [6.07, 6.45) is 9.43. The third kappa shape index (κ3) is 3.70. The lowest BCUT2D eigenvalue weighted by Crippen LogP contribution is -2.39. The number of nitrogens with one attached hydrogen (secondary N) is 2. The van der Waals surface area contributed by atoms with Crippen molar-refractivity contribution in [3.63, 3.8) is 0 Å². The number of piperidine rings is 1. The minimum Gasteiger partial charge on any atom is -0.391 e. The normalized spacial score (nSPS) is 37.9. The third-order valence-electron chi connectivity index (χ3n) is 6.82. The largest absolute Gasteiger partial charge is 0.391 e. The average molecular weight is 374 g/mol. The highest BCUT2D eigenvalue weighted by Gasteiger charge is 2.46. The van der Waals surface area contributed by atoms with Gasteiger partial charge in [-0.3, -0.25) is 5.43 Å². The molecule has 27 heavy (non-hydrogen) atoms. The third-order valence-corrected chi connectivity index (χ3v) is 6.82. The molecule has 0 amide bonds. The molecule has 1 aromatic rings. The number of rotatable bonds is 4. The summed E-state index contributed by atoms with van der Waals surface area (Å²) < 4.78 is 6.39. The fourth-order valence-electron chi connectivity index (χ4n) is 4.98. The minimum absolute atomic E-state index is 0.143. The van der Waals surface area contributed by atoms with E-state index in [9.17, 15) is 5.11 Å². The molecular weight excluding hydrogens is 342 g/mol. The minimum atomic E-state index is -0.257. The molecule has 5 rings (SSSR count). The highest BCUT2D eigenvalue weighted by Crippen LogP contribution is 2.45. The predicted octanol–water partition coefficient (Wildman–Crippen LogP) is 1.69. The summed E-state index contributed by atoms with van der Waals surface area (Å²) in [5.41, 5.74) is 8.16. The summed E-state index contributed by atoms with van der Waals surface area (Å²) >= 11 is 0. The smallest absolute Gasteiger partial charge is 0.132 e. The van der Waals surface area contributed by atoms with E-state index in [0.29, 0.717) is 24.6 Å². The summed E-state index contributed by atoms with van der Waals surface area (Å²) in [7, 11) is 0. The van der Waals surface area contributed by atoms with E-state index in [1.807, 2.05) is 0 Å². The molecule has 2 aliphatic heterocycles. The van der Waals surface area contributed by atoms with Gasteiger partial charge in [-0.25, -0.2) is 15.4 Å². The Balaban J connectivity index is 1.31. The molecule has 3 heterocycles. The Morgan fingerprint density at radius 1 is 1.22 bits per heavy atom. The molecule has 7 nitrogen and oxygen atoms in total. The first kappa shape index (κ1) is 17.8. The molecule has 0 aromatic carbocycles. The number of hydrogen-bond acceptors (Lipinski definition) is 7. The Kier molecular flexibility index (Phi) is 4.58. The van der Waals surface area contributed by atoms with Gasteiger partial charge in [-0.05, 0) is 51.9 Å². The van der Waals surface area contributed by atoms with Crippen LogP contribution in [0.25, 0.3) is 0 Å². The Morgan fingerprint density at radius 2 is 2.11 bits per heavy atom. The van der Waals surface area contributed by atoms with Gasteiger partial charge in [0, 0.05) is 31.1 Å². The van der Waals surface area contributed by atoms with Crippen molar-refractivity contribution in [2.24, 2.45) is 5.92 Å². The fraction of sp³-hybridized carbons (Fsp3) is 0.800. The van der Waals surface area contributed by atoms with Crippen molar-refractivity contribution >= 4 is 5.82 Å². The molecular formula is C20H31N5O2. The average Bonchev–Trinajstić information content (AvgIpc) is 3.25. The van der Waals surface area contributed by atoms with Crippen LogP contribution in [0.3, 0.4) is 0 Å². The first-order valence-corrected chi connectivity index (χ1v) is 10.5. The van der Waals surface area contributed by atoms with Crippen molar-refractivity contribution in [1.29, 1.82) is 0 Å². The molecule has 4 aliphatic rings. The molecule has 2 saturated carbocycles. The van der Waals surface area contributed by atoms with Gasteiger partial charge in [0.1, 0.15) is 12.1 Å². The van der Waals surface area contributed by atoms with Crippen LogP contribution in [0, 0.1) is 5.92 Å². The SMILES string of the molecule is CC1(OC2CCC3NNC(c4cc(N5CCC[C@@H](O)C5)ncn4)C3C2)CC1. The second-order valence-corrected chi connectivity index (χ2v) is 9.08. The summed E-state index contributed by atoms with van der Waals surface area (Å²) in [5, 5.41) is 9.98. The van der Waals surface area contributed by atoms with E-state index < -0.39 is 0 Å². The first-order chi connectivity index (χ1) is 13.1. The molecule has 148 valence electrons. The van der Waals surface area contributed by atoms with Crippen LogP contribution in [0.2, 0.25) is 0 Å². The van der Waals surface area contributed by atoms with Gasteiger partial charge in [-0.1, -0.05) is 0 Å². The standard InChI is InChI=1S/C20H31N5O2/c1-20(6-7-20)27-14-4-5-16-15(9-14)19(24-23-16)17-10-18(22-12-21-17)25-8-2-3-13(26)11-25/h10,12-16,19,23-24,26H,2-9,11H2,1H3/t13-,14?,15?,16?,19?/m1/s1. The maximum absolute atomic E-state index is 9.98. The van der Waals surface area contributed by atoms with Crippen LogP contribution in [-0.4, -0.2) is 52.0 Å². The Labute approximate surface area is 160 Å². The van der Waals surface area contributed by atoms with Crippen LogP contribution in [0.5, 0.6) is 0 Å². The number of ether oxygens (including phenoxy) is 1. The zero-order chi connectivity index (χ0) is 18.4. The second-order valence-electron chi connectivity index (χ2n) is 9.08. The van der Waals surface area contributed by atoms with E-state index in [4.69, 9.17) is 4.74 Å². The lowest BCUT2D eigenvalue weighted by molar-refractivity contribution is -0.0500. The Morgan fingerprint density at radius 3 is 2.93 bits per heavy atom. The van der Waals surface area contributed by atoms with Crippen molar-refractivity contribution < 1.29 is 9.84 Å². The van der Waals surface area contributed by atoms with E-state index >= 15 is 0 Å². The molecule has 0 bridgehead atoms. The van der Waals surface area contributed by atoms with Crippen LogP contribution >= 0.6 is 0 Å². The van der Waals surface area contributed by atoms with E-state index in [1.165, 1.54) is 12.8 Å². The van der Waals surface area contributed by atoms with Gasteiger partial charge in [0.2, 0.25) is 0 Å².